The van der Waals surface area contributed by atoms with Crippen LogP contribution in [-0.2, 0) is 11.3 Å². The molecular weight excluding hydrogens is 238 g/mol. The number of aromatic amines is 1. The van der Waals surface area contributed by atoms with Crippen LogP contribution in [0.15, 0.2) is 6.33 Å². The van der Waals surface area contributed by atoms with E-state index in [0.717, 1.165) is 32.0 Å². The van der Waals surface area contributed by atoms with E-state index in [1.807, 2.05) is 18.9 Å². The summed E-state index contributed by atoms with van der Waals surface area (Å²) in [7, 11) is 1.92. The molecule has 1 aromatic heterocycles. The van der Waals surface area contributed by atoms with E-state index in [-0.39, 0.29) is 0 Å². The smallest absolute Gasteiger partial charge is 0.169 e. The number of thiocarbonyl (C=S) groups is 1. The van der Waals surface area contributed by atoms with Gasteiger partial charge in [0.05, 0.1) is 6.54 Å². The molecule has 0 spiro atoms. The zero-order chi connectivity index (χ0) is 12.5. The van der Waals surface area contributed by atoms with Crippen molar-refractivity contribution < 1.29 is 4.74 Å². The Kier molecular flexibility index (Phi) is 6.49. The van der Waals surface area contributed by atoms with Gasteiger partial charge in [0.25, 0.3) is 0 Å². The van der Waals surface area contributed by atoms with Crippen LogP contribution >= 0.6 is 12.2 Å². The molecule has 2 N–H and O–H groups in total. The van der Waals surface area contributed by atoms with Crippen LogP contribution in [0.5, 0.6) is 0 Å². The molecule has 1 aromatic rings. The minimum absolute atomic E-state index is 0.622. The summed E-state index contributed by atoms with van der Waals surface area (Å²) >= 11 is 5.24. The molecule has 0 saturated carbocycles. The van der Waals surface area contributed by atoms with Gasteiger partial charge in [0.2, 0.25) is 0 Å². The predicted octanol–water partition coefficient (Wildman–Crippen LogP) is 0.538. The standard InChI is InChI=1S/C10H19N5OS/c1-3-16-6-4-5-11-10(17)15(2)7-9-12-8-13-14-9/h8H,3-7H2,1-2H3,(H,11,17)(H,12,13,14). The summed E-state index contributed by atoms with van der Waals surface area (Å²) in [5.74, 6) is 0.797. The highest BCUT2D eigenvalue weighted by molar-refractivity contribution is 7.80. The molecule has 7 heteroatoms. The van der Waals surface area contributed by atoms with E-state index in [1.165, 1.54) is 6.33 Å². The fourth-order valence-electron chi connectivity index (χ4n) is 1.25. The summed E-state index contributed by atoms with van der Waals surface area (Å²) in [6, 6.07) is 0. The van der Waals surface area contributed by atoms with E-state index in [0.29, 0.717) is 11.7 Å². The third-order valence-corrected chi connectivity index (χ3v) is 2.60. The molecule has 96 valence electrons. The summed E-state index contributed by atoms with van der Waals surface area (Å²) in [5, 5.41) is 10.5. The van der Waals surface area contributed by atoms with Gasteiger partial charge < -0.3 is 15.0 Å². The van der Waals surface area contributed by atoms with Crippen LogP contribution in [0.4, 0.5) is 0 Å². The fraction of sp³-hybridized carbons (Fsp3) is 0.700. The first-order valence-electron chi connectivity index (χ1n) is 5.65. The Hall–Kier alpha value is -1.21. The Balaban J connectivity index is 2.14. The first-order valence-corrected chi connectivity index (χ1v) is 6.05. The van der Waals surface area contributed by atoms with Crippen molar-refractivity contribution in [2.75, 3.05) is 26.8 Å². The van der Waals surface area contributed by atoms with Crippen molar-refractivity contribution in [2.45, 2.75) is 19.9 Å². The summed E-state index contributed by atoms with van der Waals surface area (Å²) in [4.78, 5) is 5.96. The molecule has 0 aliphatic heterocycles. The lowest BCUT2D eigenvalue weighted by atomic mass is 10.4. The Labute approximate surface area is 107 Å². The van der Waals surface area contributed by atoms with Crippen molar-refractivity contribution in [3.8, 4) is 0 Å². The van der Waals surface area contributed by atoms with E-state index in [9.17, 15) is 0 Å². The zero-order valence-electron chi connectivity index (χ0n) is 10.3. The van der Waals surface area contributed by atoms with Gasteiger partial charge in [-0.2, -0.15) is 5.10 Å². The molecule has 0 saturated heterocycles. The Morgan fingerprint density at radius 2 is 2.47 bits per heavy atom. The molecular formula is C10H19N5OS. The molecule has 0 atom stereocenters. The second kappa shape index (κ2) is 7.97. The Bertz CT molecular complexity index is 317. The quantitative estimate of drug-likeness (QED) is 0.549. The Morgan fingerprint density at radius 3 is 3.12 bits per heavy atom. The predicted molar refractivity (Wildman–Crippen MR) is 69.6 cm³/mol. The second-order valence-corrected chi connectivity index (χ2v) is 3.96. The van der Waals surface area contributed by atoms with Gasteiger partial charge in [0.15, 0.2) is 5.11 Å². The first kappa shape index (κ1) is 13.9. The average Bonchev–Trinajstić information content (AvgIpc) is 2.81. The lowest BCUT2D eigenvalue weighted by Crippen LogP contribution is -2.37. The molecule has 0 aliphatic rings. The first-order chi connectivity index (χ1) is 8.24. The number of rotatable bonds is 7. The normalized spacial score (nSPS) is 10.2. The summed E-state index contributed by atoms with van der Waals surface area (Å²) in [6.07, 6.45) is 2.44. The van der Waals surface area contributed by atoms with Gasteiger partial charge in [0.1, 0.15) is 12.2 Å². The molecule has 0 amide bonds. The van der Waals surface area contributed by atoms with E-state index < -0.39 is 0 Å². The third-order valence-electron chi connectivity index (χ3n) is 2.14. The highest BCUT2D eigenvalue weighted by atomic mass is 32.1. The van der Waals surface area contributed by atoms with Gasteiger partial charge in [-0.05, 0) is 25.6 Å². The maximum Gasteiger partial charge on any atom is 0.169 e. The highest BCUT2D eigenvalue weighted by Crippen LogP contribution is 1.94. The topological polar surface area (TPSA) is 66.1 Å². The Morgan fingerprint density at radius 1 is 1.65 bits per heavy atom. The van der Waals surface area contributed by atoms with Crippen LogP contribution in [0.1, 0.15) is 19.2 Å². The molecule has 0 aromatic carbocycles. The molecule has 0 bridgehead atoms. The third kappa shape index (κ3) is 5.60. The molecule has 1 rings (SSSR count). The monoisotopic (exact) mass is 257 g/mol. The number of ether oxygens (including phenoxy) is 1. The number of hydrogen-bond acceptors (Lipinski definition) is 4. The summed E-state index contributed by atoms with van der Waals surface area (Å²) in [5.41, 5.74) is 0. The van der Waals surface area contributed by atoms with Crippen molar-refractivity contribution in [1.29, 1.82) is 0 Å². The maximum absolute atomic E-state index is 5.24. The average molecular weight is 257 g/mol. The van der Waals surface area contributed by atoms with Gasteiger partial charge >= 0.3 is 0 Å². The molecule has 0 fully saturated rings. The van der Waals surface area contributed by atoms with Gasteiger partial charge in [-0.3, -0.25) is 5.10 Å². The van der Waals surface area contributed by atoms with Crippen LogP contribution in [0.2, 0.25) is 0 Å². The number of H-pyrrole nitrogens is 1. The zero-order valence-corrected chi connectivity index (χ0v) is 11.1. The molecule has 0 aliphatic carbocycles. The number of hydrogen-bond donors (Lipinski definition) is 2. The summed E-state index contributed by atoms with van der Waals surface area (Å²) < 4.78 is 5.24. The lowest BCUT2D eigenvalue weighted by molar-refractivity contribution is 0.145. The summed E-state index contributed by atoms with van der Waals surface area (Å²) in [6.45, 7) is 4.95. The molecule has 17 heavy (non-hydrogen) atoms. The van der Waals surface area contributed by atoms with Crippen LogP contribution < -0.4 is 5.32 Å². The fourth-order valence-corrected chi connectivity index (χ4v) is 1.42. The number of aromatic nitrogens is 3. The molecule has 1 heterocycles. The van der Waals surface area contributed by atoms with Gasteiger partial charge in [-0.25, -0.2) is 4.98 Å². The van der Waals surface area contributed by atoms with Crippen LogP contribution in [0, 0.1) is 0 Å². The van der Waals surface area contributed by atoms with Crippen molar-refractivity contribution in [1.82, 2.24) is 25.4 Å². The van der Waals surface area contributed by atoms with E-state index in [4.69, 9.17) is 17.0 Å². The van der Waals surface area contributed by atoms with Gasteiger partial charge in [-0.15, -0.1) is 0 Å². The minimum Gasteiger partial charge on any atom is -0.382 e. The SMILES string of the molecule is CCOCCCNC(=S)N(C)Cc1ncn[nH]1. The highest BCUT2D eigenvalue weighted by Gasteiger charge is 2.05. The lowest BCUT2D eigenvalue weighted by Gasteiger charge is -2.19. The second-order valence-electron chi connectivity index (χ2n) is 3.57. The molecule has 0 unspecified atom stereocenters. The van der Waals surface area contributed by atoms with Crippen molar-refractivity contribution in [3.63, 3.8) is 0 Å². The molecule has 6 nitrogen and oxygen atoms in total. The largest absolute Gasteiger partial charge is 0.382 e. The van der Waals surface area contributed by atoms with Gasteiger partial charge in [-0.1, -0.05) is 0 Å². The number of nitrogens with zero attached hydrogens (tertiary/aromatic N) is 3. The van der Waals surface area contributed by atoms with Crippen LogP contribution in [0.3, 0.4) is 0 Å². The van der Waals surface area contributed by atoms with Crippen molar-refractivity contribution in [3.05, 3.63) is 12.2 Å². The van der Waals surface area contributed by atoms with E-state index >= 15 is 0 Å². The van der Waals surface area contributed by atoms with Crippen LogP contribution in [-0.4, -0.2) is 52.0 Å². The van der Waals surface area contributed by atoms with E-state index in [2.05, 4.69) is 20.5 Å². The number of nitrogens with one attached hydrogen (secondary N) is 2. The van der Waals surface area contributed by atoms with E-state index in [1.54, 1.807) is 0 Å². The molecule has 0 radical (unpaired) electrons. The minimum atomic E-state index is 0.622. The maximum atomic E-state index is 5.24. The van der Waals surface area contributed by atoms with Crippen molar-refractivity contribution in [2.24, 2.45) is 0 Å². The van der Waals surface area contributed by atoms with Gasteiger partial charge in [0, 0.05) is 26.8 Å². The van der Waals surface area contributed by atoms with Crippen LogP contribution in [0.25, 0.3) is 0 Å². The van der Waals surface area contributed by atoms with Crippen molar-refractivity contribution >= 4 is 17.3 Å².